The van der Waals surface area contributed by atoms with E-state index >= 15 is 0 Å². The van der Waals surface area contributed by atoms with Crippen LogP contribution in [0, 0.1) is 5.92 Å². The lowest BCUT2D eigenvalue weighted by Crippen LogP contribution is -2.32. The van der Waals surface area contributed by atoms with Gasteiger partial charge in [-0.2, -0.15) is 0 Å². The molecule has 1 amide bonds. The number of nitrogens with one attached hydrogen (secondary N) is 1. The Morgan fingerprint density at radius 1 is 1.44 bits per heavy atom. The number of methoxy groups -OCH3 is 1. The second-order valence-electron chi connectivity index (χ2n) is 4.94. The van der Waals surface area contributed by atoms with E-state index in [2.05, 4.69) is 5.32 Å². The number of carbonyl (C=O) groups excluding carboxylic acids is 1. The van der Waals surface area contributed by atoms with Crippen LogP contribution in [-0.4, -0.2) is 32.2 Å². The van der Waals surface area contributed by atoms with Crippen molar-refractivity contribution in [1.29, 1.82) is 0 Å². The minimum absolute atomic E-state index is 0. The molecule has 1 aliphatic carbocycles. The Morgan fingerprint density at radius 3 is 2.67 bits per heavy atom. The predicted molar refractivity (Wildman–Crippen MR) is 75.9 cm³/mol. The van der Waals surface area contributed by atoms with Crippen molar-refractivity contribution in [3.8, 4) is 0 Å². The zero-order valence-corrected chi connectivity index (χ0v) is 12.1. The minimum atomic E-state index is -0.148. The zero-order chi connectivity index (χ0) is 12.5. The first kappa shape index (κ1) is 17.7. The molecule has 0 aliphatic heterocycles. The summed E-state index contributed by atoms with van der Waals surface area (Å²) >= 11 is 0. The van der Waals surface area contributed by atoms with Crippen molar-refractivity contribution in [1.82, 2.24) is 5.32 Å². The van der Waals surface area contributed by atoms with Gasteiger partial charge in [0, 0.05) is 20.2 Å². The van der Waals surface area contributed by atoms with Crippen molar-refractivity contribution >= 4 is 18.3 Å². The van der Waals surface area contributed by atoms with E-state index in [1.165, 1.54) is 32.1 Å². The summed E-state index contributed by atoms with van der Waals surface area (Å²) in [5.74, 6) is 0.955. The van der Waals surface area contributed by atoms with Crippen LogP contribution in [0.2, 0.25) is 0 Å². The summed E-state index contributed by atoms with van der Waals surface area (Å²) in [6, 6.07) is 0. The van der Waals surface area contributed by atoms with Gasteiger partial charge >= 0.3 is 0 Å². The number of nitrogens with two attached hydrogens (primary N) is 1. The van der Waals surface area contributed by atoms with Crippen LogP contribution in [0.5, 0.6) is 0 Å². The van der Waals surface area contributed by atoms with Gasteiger partial charge in [0.15, 0.2) is 0 Å². The molecular weight excluding hydrogens is 252 g/mol. The van der Waals surface area contributed by atoms with Gasteiger partial charge in [-0.1, -0.05) is 25.7 Å². The number of ether oxygens (including phenoxy) is 1. The summed E-state index contributed by atoms with van der Waals surface area (Å²) in [5.41, 5.74) is 5.46. The summed E-state index contributed by atoms with van der Waals surface area (Å²) in [6.45, 7) is 1.18. The number of hydrogen-bond donors (Lipinski definition) is 2. The molecule has 0 bridgehead atoms. The van der Waals surface area contributed by atoms with E-state index in [-0.39, 0.29) is 24.4 Å². The fourth-order valence-electron chi connectivity index (χ4n) is 2.46. The molecule has 0 radical (unpaired) electrons. The van der Waals surface area contributed by atoms with Crippen LogP contribution < -0.4 is 11.1 Å². The molecule has 3 N–H and O–H groups in total. The van der Waals surface area contributed by atoms with Crippen molar-refractivity contribution in [3.63, 3.8) is 0 Å². The highest BCUT2D eigenvalue weighted by Gasteiger charge is 2.14. The third-order valence-corrected chi connectivity index (χ3v) is 3.60. The minimum Gasteiger partial charge on any atom is -0.380 e. The first-order chi connectivity index (χ1) is 8.26. The van der Waals surface area contributed by atoms with Crippen LogP contribution in [-0.2, 0) is 9.53 Å². The van der Waals surface area contributed by atoms with Gasteiger partial charge in [-0.05, 0) is 18.8 Å². The second kappa shape index (κ2) is 10.6. The third kappa shape index (κ3) is 7.19. The van der Waals surface area contributed by atoms with Gasteiger partial charge < -0.3 is 15.8 Å². The molecule has 0 saturated heterocycles. The maximum absolute atomic E-state index is 11.5. The molecule has 0 aromatic carbocycles. The van der Waals surface area contributed by atoms with Gasteiger partial charge in [-0.25, -0.2) is 0 Å². The van der Waals surface area contributed by atoms with Crippen LogP contribution in [0.3, 0.4) is 0 Å². The first-order valence-electron chi connectivity index (χ1n) is 6.75. The topological polar surface area (TPSA) is 64.3 Å². The maximum Gasteiger partial charge on any atom is 0.222 e. The molecule has 1 saturated carbocycles. The molecule has 1 unspecified atom stereocenters. The van der Waals surface area contributed by atoms with Crippen molar-refractivity contribution in [2.75, 3.05) is 20.2 Å². The molecule has 0 aromatic rings. The van der Waals surface area contributed by atoms with E-state index in [4.69, 9.17) is 10.5 Å². The van der Waals surface area contributed by atoms with E-state index in [0.29, 0.717) is 13.0 Å². The van der Waals surface area contributed by atoms with Crippen molar-refractivity contribution in [2.24, 2.45) is 11.7 Å². The molecule has 1 aliphatic rings. The Bertz CT molecular complexity index is 217. The molecule has 0 heterocycles. The summed E-state index contributed by atoms with van der Waals surface area (Å²) in [7, 11) is 1.59. The number of amides is 1. The van der Waals surface area contributed by atoms with Gasteiger partial charge in [0.25, 0.3) is 0 Å². The standard InChI is InChI=1S/C13H26N2O2.ClH/c1-17-12(10-14)9-13(16)15-8-4-7-11-5-2-3-6-11;/h11-12H,2-10,14H2,1H3,(H,15,16);1H. The Labute approximate surface area is 116 Å². The maximum atomic E-state index is 11.5. The Hall–Kier alpha value is -0.320. The van der Waals surface area contributed by atoms with Gasteiger partial charge in [0.2, 0.25) is 5.91 Å². The molecule has 1 atom stereocenters. The lowest BCUT2D eigenvalue weighted by Gasteiger charge is -2.13. The smallest absolute Gasteiger partial charge is 0.222 e. The first-order valence-corrected chi connectivity index (χ1v) is 6.75. The molecule has 1 rings (SSSR count). The normalized spacial score (nSPS) is 17.2. The SMILES string of the molecule is COC(CN)CC(=O)NCCCC1CCCC1.Cl. The van der Waals surface area contributed by atoms with Crippen molar-refractivity contribution in [3.05, 3.63) is 0 Å². The van der Waals surface area contributed by atoms with Gasteiger partial charge in [0.1, 0.15) is 0 Å². The molecule has 18 heavy (non-hydrogen) atoms. The molecule has 108 valence electrons. The molecular formula is C13H27ClN2O2. The van der Waals surface area contributed by atoms with E-state index in [1.54, 1.807) is 7.11 Å². The highest BCUT2D eigenvalue weighted by Crippen LogP contribution is 2.28. The largest absolute Gasteiger partial charge is 0.380 e. The van der Waals surface area contributed by atoms with Gasteiger partial charge in [-0.15, -0.1) is 12.4 Å². The van der Waals surface area contributed by atoms with Crippen LogP contribution in [0.15, 0.2) is 0 Å². The van der Waals surface area contributed by atoms with E-state index in [1.807, 2.05) is 0 Å². The van der Waals surface area contributed by atoms with Crippen LogP contribution >= 0.6 is 12.4 Å². The lowest BCUT2D eigenvalue weighted by atomic mass is 10.0. The monoisotopic (exact) mass is 278 g/mol. The lowest BCUT2D eigenvalue weighted by molar-refractivity contribution is -0.123. The van der Waals surface area contributed by atoms with E-state index in [0.717, 1.165) is 18.9 Å². The molecule has 5 heteroatoms. The molecule has 0 aromatic heterocycles. The van der Waals surface area contributed by atoms with Crippen LogP contribution in [0.1, 0.15) is 44.9 Å². The summed E-state index contributed by atoms with van der Waals surface area (Å²) in [4.78, 5) is 11.5. The van der Waals surface area contributed by atoms with Crippen molar-refractivity contribution in [2.45, 2.75) is 51.0 Å². The Kier molecular flexibility index (Phi) is 10.4. The van der Waals surface area contributed by atoms with Gasteiger partial charge in [-0.3, -0.25) is 4.79 Å². The van der Waals surface area contributed by atoms with E-state index in [9.17, 15) is 4.79 Å². The summed E-state index contributed by atoms with van der Waals surface area (Å²) in [5, 5.41) is 2.93. The highest BCUT2D eigenvalue weighted by molar-refractivity contribution is 5.85. The highest BCUT2D eigenvalue weighted by atomic mass is 35.5. The quantitative estimate of drug-likeness (QED) is 0.666. The number of hydrogen-bond acceptors (Lipinski definition) is 3. The van der Waals surface area contributed by atoms with E-state index < -0.39 is 0 Å². The number of halogens is 1. The predicted octanol–water partition coefficient (Wildman–Crippen LogP) is 1.86. The zero-order valence-electron chi connectivity index (χ0n) is 11.3. The average molecular weight is 279 g/mol. The number of rotatable bonds is 8. The number of carbonyl (C=O) groups is 1. The second-order valence-corrected chi connectivity index (χ2v) is 4.94. The fraction of sp³-hybridized carbons (Fsp3) is 0.923. The van der Waals surface area contributed by atoms with Crippen LogP contribution in [0.25, 0.3) is 0 Å². The summed E-state index contributed by atoms with van der Waals surface area (Å²) < 4.78 is 5.07. The third-order valence-electron chi connectivity index (χ3n) is 3.60. The average Bonchev–Trinajstić information content (AvgIpc) is 2.84. The fourth-order valence-corrected chi connectivity index (χ4v) is 2.46. The molecule has 1 fully saturated rings. The van der Waals surface area contributed by atoms with Crippen LogP contribution in [0.4, 0.5) is 0 Å². The summed E-state index contributed by atoms with van der Waals surface area (Å²) in [6.07, 6.45) is 8.12. The van der Waals surface area contributed by atoms with Crippen molar-refractivity contribution < 1.29 is 9.53 Å². The molecule has 0 spiro atoms. The Morgan fingerprint density at radius 2 is 2.11 bits per heavy atom. The Balaban J connectivity index is 0.00000289. The van der Waals surface area contributed by atoms with Gasteiger partial charge in [0.05, 0.1) is 12.5 Å². The molecule has 4 nitrogen and oxygen atoms in total.